The maximum atomic E-state index is 5.92. The van der Waals surface area contributed by atoms with Gasteiger partial charge in [-0.3, -0.25) is 0 Å². The first kappa shape index (κ1) is 12.8. The molecule has 1 aromatic rings. The summed E-state index contributed by atoms with van der Waals surface area (Å²) in [6, 6.07) is 7.76. The molecule has 0 aromatic heterocycles. The zero-order valence-electron chi connectivity index (χ0n) is 9.24. The maximum Gasteiger partial charge on any atom is 0.338 e. The molecule has 2 nitrogen and oxygen atoms in total. The fourth-order valence-electron chi connectivity index (χ4n) is 0.916. The molecule has 0 saturated heterocycles. The predicted octanol–water partition coefficient (Wildman–Crippen LogP) is 4.51. The van der Waals surface area contributed by atoms with E-state index >= 15 is 0 Å². The van der Waals surface area contributed by atoms with Crippen LogP contribution in [-0.2, 0) is 4.52 Å². The third kappa shape index (κ3) is 5.36. The highest BCUT2D eigenvalue weighted by Crippen LogP contribution is 2.44. The smallest absolute Gasteiger partial charge is 0.338 e. The summed E-state index contributed by atoms with van der Waals surface area (Å²) in [5, 5.41) is 0. The molecule has 0 fully saturated rings. The van der Waals surface area contributed by atoms with Crippen LogP contribution < -0.4 is 4.52 Å². The van der Waals surface area contributed by atoms with E-state index in [2.05, 4.69) is 13.8 Å². The van der Waals surface area contributed by atoms with Crippen molar-refractivity contribution in [2.75, 3.05) is 6.61 Å². The Morgan fingerprint density at radius 1 is 1.27 bits per heavy atom. The Balaban J connectivity index is 2.37. The molecule has 0 aliphatic heterocycles. The van der Waals surface area contributed by atoms with E-state index in [0.717, 1.165) is 5.75 Å². The van der Waals surface area contributed by atoms with E-state index in [1.807, 2.05) is 31.2 Å². The van der Waals surface area contributed by atoms with Gasteiger partial charge in [-0.15, -0.1) is 0 Å². The summed E-state index contributed by atoms with van der Waals surface area (Å²) in [5.41, 5.74) is 1.20. The van der Waals surface area contributed by atoms with Gasteiger partial charge in [0.1, 0.15) is 5.75 Å². The fourth-order valence-corrected chi connectivity index (χ4v) is 2.08. The van der Waals surface area contributed by atoms with Crippen molar-refractivity contribution < 1.29 is 9.05 Å². The summed E-state index contributed by atoms with van der Waals surface area (Å²) in [6.07, 6.45) is 0. The van der Waals surface area contributed by atoms with Crippen molar-refractivity contribution in [3.8, 4) is 5.75 Å². The molecule has 0 spiro atoms. The van der Waals surface area contributed by atoms with Crippen LogP contribution in [0.3, 0.4) is 0 Å². The molecule has 15 heavy (non-hydrogen) atoms. The summed E-state index contributed by atoms with van der Waals surface area (Å²) in [4.78, 5) is 0. The van der Waals surface area contributed by atoms with Crippen LogP contribution in [0, 0.1) is 12.8 Å². The molecule has 1 aromatic carbocycles. The van der Waals surface area contributed by atoms with Crippen LogP contribution in [0.15, 0.2) is 24.3 Å². The zero-order valence-corrected chi connectivity index (χ0v) is 10.9. The normalized spacial score (nSPS) is 12.9. The second-order valence-electron chi connectivity index (χ2n) is 3.81. The van der Waals surface area contributed by atoms with E-state index in [1.165, 1.54) is 5.56 Å². The van der Waals surface area contributed by atoms with Gasteiger partial charge in [0, 0.05) is 0 Å². The average Bonchev–Trinajstić information content (AvgIpc) is 2.19. The third-order valence-corrected chi connectivity index (χ3v) is 2.91. The standard InChI is InChI=1S/C11H16ClO2P/c1-9(2)8-13-15(12)14-11-6-4-10(3)5-7-11/h4-7,9H,8H2,1-3H3. The summed E-state index contributed by atoms with van der Waals surface area (Å²) in [5.74, 6) is 1.22. The molecule has 0 N–H and O–H groups in total. The van der Waals surface area contributed by atoms with Crippen molar-refractivity contribution in [2.24, 2.45) is 5.92 Å². The number of benzene rings is 1. The minimum Gasteiger partial charge on any atom is -0.436 e. The van der Waals surface area contributed by atoms with Gasteiger partial charge in [0.2, 0.25) is 0 Å². The molecule has 4 heteroatoms. The Labute approximate surface area is 97.3 Å². The SMILES string of the molecule is Cc1ccc(OP(Cl)OCC(C)C)cc1. The van der Waals surface area contributed by atoms with Crippen LogP contribution in [0.4, 0.5) is 0 Å². The first-order valence-corrected chi connectivity index (χ1v) is 6.99. The highest BCUT2D eigenvalue weighted by Gasteiger charge is 2.09. The lowest BCUT2D eigenvalue weighted by Gasteiger charge is -2.12. The summed E-state index contributed by atoms with van der Waals surface area (Å²) >= 11 is 5.92. The van der Waals surface area contributed by atoms with Crippen LogP contribution in [0.5, 0.6) is 5.75 Å². The molecule has 1 rings (SSSR count). The van der Waals surface area contributed by atoms with Crippen LogP contribution >= 0.6 is 19.0 Å². The molecule has 1 unspecified atom stereocenters. The number of hydrogen-bond acceptors (Lipinski definition) is 2. The second kappa shape index (κ2) is 6.32. The third-order valence-electron chi connectivity index (χ3n) is 1.71. The van der Waals surface area contributed by atoms with Crippen LogP contribution in [-0.4, -0.2) is 6.61 Å². The number of hydrogen-bond donors (Lipinski definition) is 0. The van der Waals surface area contributed by atoms with E-state index in [1.54, 1.807) is 0 Å². The monoisotopic (exact) mass is 246 g/mol. The largest absolute Gasteiger partial charge is 0.436 e. The lowest BCUT2D eigenvalue weighted by molar-refractivity contribution is 0.279. The van der Waals surface area contributed by atoms with Crippen LogP contribution in [0.25, 0.3) is 0 Å². The average molecular weight is 247 g/mol. The van der Waals surface area contributed by atoms with E-state index in [-0.39, 0.29) is 0 Å². The van der Waals surface area contributed by atoms with Crippen LogP contribution in [0.1, 0.15) is 19.4 Å². The molecule has 0 aliphatic rings. The molecule has 0 radical (unpaired) electrons. The van der Waals surface area contributed by atoms with Gasteiger partial charge >= 0.3 is 7.73 Å². The molecule has 0 saturated carbocycles. The van der Waals surface area contributed by atoms with Crippen LogP contribution in [0.2, 0.25) is 0 Å². The maximum absolute atomic E-state index is 5.92. The molecule has 0 bridgehead atoms. The Hall–Kier alpha value is -0.300. The van der Waals surface area contributed by atoms with Crippen molar-refractivity contribution >= 4 is 19.0 Å². The summed E-state index contributed by atoms with van der Waals surface area (Å²) < 4.78 is 10.8. The van der Waals surface area contributed by atoms with Crippen molar-refractivity contribution in [3.05, 3.63) is 29.8 Å². The van der Waals surface area contributed by atoms with Gasteiger partial charge in [0.15, 0.2) is 0 Å². The van der Waals surface area contributed by atoms with Crippen molar-refractivity contribution in [2.45, 2.75) is 20.8 Å². The first-order valence-electron chi connectivity index (χ1n) is 4.91. The van der Waals surface area contributed by atoms with Gasteiger partial charge in [-0.1, -0.05) is 31.5 Å². The summed E-state index contributed by atoms with van der Waals surface area (Å²) in [6.45, 7) is 6.81. The second-order valence-corrected chi connectivity index (χ2v) is 5.50. The van der Waals surface area contributed by atoms with Gasteiger partial charge in [-0.25, -0.2) is 0 Å². The van der Waals surface area contributed by atoms with Crippen molar-refractivity contribution in [3.63, 3.8) is 0 Å². The van der Waals surface area contributed by atoms with E-state index < -0.39 is 7.73 Å². The van der Waals surface area contributed by atoms with Gasteiger partial charge in [0.25, 0.3) is 0 Å². The topological polar surface area (TPSA) is 18.5 Å². The van der Waals surface area contributed by atoms with Gasteiger partial charge < -0.3 is 9.05 Å². The van der Waals surface area contributed by atoms with E-state index in [9.17, 15) is 0 Å². The number of aryl methyl sites for hydroxylation is 1. The quantitative estimate of drug-likeness (QED) is 0.712. The molecule has 0 amide bonds. The minimum absolute atomic E-state index is 0.468. The molecule has 1 atom stereocenters. The van der Waals surface area contributed by atoms with Gasteiger partial charge in [0.05, 0.1) is 6.61 Å². The fraction of sp³-hybridized carbons (Fsp3) is 0.455. The highest BCUT2D eigenvalue weighted by atomic mass is 35.7. The van der Waals surface area contributed by atoms with Crippen molar-refractivity contribution in [1.82, 2.24) is 0 Å². The lowest BCUT2D eigenvalue weighted by atomic mass is 10.2. The number of rotatable bonds is 5. The van der Waals surface area contributed by atoms with Gasteiger partial charge in [-0.2, -0.15) is 0 Å². The minimum atomic E-state index is -1.33. The lowest BCUT2D eigenvalue weighted by Crippen LogP contribution is -1.98. The molecule has 0 heterocycles. The molecular formula is C11H16ClO2P. The Bertz CT molecular complexity index is 287. The number of halogens is 1. The molecule has 0 aliphatic carbocycles. The highest BCUT2D eigenvalue weighted by molar-refractivity contribution is 7.76. The Morgan fingerprint density at radius 2 is 1.87 bits per heavy atom. The zero-order chi connectivity index (χ0) is 11.3. The van der Waals surface area contributed by atoms with E-state index in [4.69, 9.17) is 20.3 Å². The van der Waals surface area contributed by atoms with E-state index in [0.29, 0.717) is 12.5 Å². The van der Waals surface area contributed by atoms with Crippen molar-refractivity contribution in [1.29, 1.82) is 0 Å². The molecular weight excluding hydrogens is 231 g/mol. The molecule has 84 valence electrons. The Kier molecular flexibility index (Phi) is 5.38. The summed E-state index contributed by atoms with van der Waals surface area (Å²) in [7, 11) is -1.33. The Morgan fingerprint density at radius 3 is 2.40 bits per heavy atom. The van der Waals surface area contributed by atoms with Gasteiger partial charge in [-0.05, 0) is 36.2 Å². The first-order chi connectivity index (χ1) is 7.08. The predicted molar refractivity (Wildman–Crippen MR) is 65.4 cm³/mol.